The van der Waals surface area contributed by atoms with E-state index in [2.05, 4.69) is 52.5 Å². The van der Waals surface area contributed by atoms with E-state index < -0.39 is 0 Å². The van der Waals surface area contributed by atoms with Crippen molar-refractivity contribution >= 4 is 16.8 Å². The number of hydrogen-bond acceptors (Lipinski definition) is 1. The standard InChI is InChI=1S/C22H25N3O/c1-24-15-19(20-8-4-5-9-21(20)24)14-22(26)23-11-13-25-12-10-17-6-2-3-7-18(17)16-25/h2-9,15H,10-14,16H2,1H3,(H,23,26)/p+1. The monoisotopic (exact) mass is 348 g/mol. The van der Waals surface area contributed by atoms with Crippen molar-refractivity contribution in [3.05, 3.63) is 71.4 Å². The fourth-order valence-corrected chi connectivity index (χ4v) is 4.04. The molecule has 26 heavy (non-hydrogen) atoms. The van der Waals surface area contributed by atoms with E-state index in [-0.39, 0.29) is 5.91 Å². The number of carbonyl (C=O) groups excluding carboxylic acids is 1. The normalized spacial score (nSPS) is 16.4. The van der Waals surface area contributed by atoms with Crippen LogP contribution in [0.2, 0.25) is 0 Å². The molecular weight excluding hydrogens is 322 g/mol. The Hall–Kier alpha value is -2.59. The summed E-state index contributed by atoms with van der Waals surface area (Å²) >= 11 is 0. The van der Waals surface area contributed by atoms with E-state index in [1.807, 2.05) is 19.2 Å². The molecule has 3 aromatic rings. The van der Waals surface area contributed by atoms with E-state index in [1.54, 1.807) is 4.90 Å². The highest BCUT2D eigenvalue weighted by Crippen LogP contribution is 2.20. The van der Waals surface area contributed by atoms with Crippen molar-refractivity contribution in [3.63, 3.8) is 0 Å². The summed E-state index contributed by atoms with van der Waals surface area (Å²) in [5, 5.41) is 4.28. The molecule has 4 heteroatoms. The molecule has 0 radical (unpaired) electrons. The molecule has 0 saturated heterocycles. The van der Waals surface area contributed by atoms with Crippen molar-refractivity contribution in [1.29, 1.82) is 0 Å². The van der Waals surface area contributed by atoms with E-state index in [4.69, 9.17) is 0 Å². The predicted molar refractivity (Wildman–Crippen MR) is 104 cm³/mol. The number of rotatable bonds is 5. The van der Waals surface area contributed by atoms with Crippen molar-refractivity contribution in [2.24, 2.45) is 7.05 Å². The lowest BCUT2D eigenvalue weighted by molar-refractivity contribution is -0.914. The predicted octanol–water partition coefficient (Wildman–Crippen LogP) is 1.48. The highest BCUT2D eigenvalue weighted by atomic mass is 16.1. The Kier molecular flexibility index (Phi) is 4.76. The van der Waals surface area contributed by atoms with Gasteiger partial charge in [0.05, 0.1) is 26.1 Å². The van der Waals surface area contributed by atoms with Crippen LogP contribution in [0.1, 0.15) is 16.7 Å². The molecule has 0 bridgehead atoms. The van der Waals surface area contributed by atoms with Gasteiger partial charge in [0.1, 0.15) is 6.54 Å². The molecule has 134 valence electrons. The molecule has 1 aliphatic heterocycles. The summed E-state index contributed by atoms with van der Waals surface area (Å²) in [7, 11) is 2.03. The van der Waals surface area contributed by atoms with Crippen LogP contribution in [0.4, 0.5) is 0 Å². The van der Waals surface area contributed by atoms with Gasteiger partial charge in [0.15, 0.2) is 0 Å². The van der Waals surface area contributed by atoms with Crippen molar-refractivity contribution in [1.82, 2.24) is 9.88 Å². The van der Waals surface area contributed by atoms with E-state index in [0.29, 0.717) is 6.42 Å². The number of hydrogen-bond donors (Lipinski definition) is 2. The van der Waals surface area contributed by atoms with Crippen LogP contribution in [0.3, 0.4) is 0 Å². The number of carbonyl (C=O) groups is 1. The Morgan fingerprint density at radius 2 is 1.88 bits per heavy atom. The minimum Gasteiger partial charge on any atom is -0.350 e. The second-order valence-electron chi connectivity index (χ2n) is 7.25. The van der Waals surface area contributed by atoms with E-state index >= 15 is 0 Å². The van der Waals surface area contributed by atoms with E-state index in [1.165, 1.54) is 22.0 Å². The molecule has 2 N–H and O–H groups in total. The third-order valence-corrected chi connectivity index (χ3v) is 5.44. The topological polar surface area (TPSA) is 38.5 Å². The molecule has 0 spiro atoms. The van der Waals surface area contributed by atoms with Gasteiger partial charge in [-0.2, -0.15) is 0 Å². The minimum atomic E-state index is 0.109. The highest BCUT2D eigenvalue weighted by molar-refractivity contribution is 5.89. The number of nitrogens with one attached hydrogen (secondary N) is 2. The van der Waals surface area contributed by atoms with Crippen LogP contribution < -0.4 is 10.2 Å². The van der Waals surface area contributed by atoms with Crippen LogP contribution in [0.5, 0.6) is 0 Å². The van der Waals surface area contributed by atoms with Gasteiger partial charge in [0, 0.05) is 36.1 Å². The molecule has 2 aromatic carbocycles. The van der Waals surface area contributed by atoms with Crippen LogP contribution in [-0.4, -0.2) is 30.1 Å². The molecule has 0 fully saturated rings. The number of aromatic nitrogens is 1. The van der Waals surface area contributed by atoms with Crippen LogP contribution in [0.25, 0.3) is 10.9 Å². The van der Waals surface area contributed by atoms with Crippen LogP contribution in [0, 0.1) is 0 Å². The Morgan fingerprint density at radius 1 is 1.12 bits per heavy atom. The van der Waals surface area contributed by atoms with Gasteiger partial charge in [-0.1, -0.05) is 42.5 Å². The fourth-order valence-electron chi connectivity index (χ4n) is 4.04. The van der Waals surface area contributed by atoms with Gasteiger partial charge in [0.2, 0.25) is 5.91 Å². The van der Waals surface area contributed by atoms with Gasteiger partial charge in [-0.3, -0.25) is 4.79 Å². The lowest BCUT2D eigenvalue weighted by atomic mass is 10.00. The first kappa shape index (κ1) is 16.9. The SMILES string of the molecule is Cn1cc(CC(=O)NCC[NH+]2CCc3ccccc3C2)c2ccccc21. The maximum absolute atomic E-state index is 12.4. The van der Waals surface area contributed by atoms with Gasteiger partial charge in [-0.25, -0.2) is 0 Å². The summed E-state index contributed by atoms with van der Waals surface area (Å²) in [5.74, 6) is 0.109. The molecule has 0 saturated carbocycles. The van der Waals surface area contributed by atoms with Gasteiger partial charge in [-0.15, -0.1) is 0 Å². The highest BCUT2D eigenvalue weighted by Gasteiger charge is 2.18. The third-order valence-electron chi connectivity index (χ3n) is 5.44. The lowest BCUT2D eigenvalue weighted by Gasteiger charge is -2.25. The summed E-state index contributed by atoms with van der Waals surface area (Å²) in [6.07, 6.45) is 3.64. The number of amides is 1. The largest absolute Gasteiger partial charge is 0.350 e. The lowest BCUT2D eigenvalue weighted by Crippen LogP contribution is -3.12. The zero-order valence-electron chi connectivity index (χ0n) is 15.3. The molecule has 0 aliphatic carbocycles. The summed E-state index contributed by atoms with van der Waals surface area (Å²) in [4.78, 5) is 13.9. The average molecular weight is 348 g/mol. The van der Waals surface area contributed by atoms with Crippen molar-refractivity contribution in [2.45, 2.75) is 19.4 Å². The van der Waals surface area contributed by atoms with Crippen molar-refractivity contribution in [3.8, 4) is 0 Å². The number of fused-ring (bicyclic) bond motifs is 2. The van der Waals surface area contributed by atoms with Gasteiger partial charge < -0.3 is 14.8 Å². The fraction of sp³-hybridized carbons (Fsp3) is 0.318. The maximum atomic E-state index is 12.4. The number of para-hydroxylation sites is 1. The number of quaternary nitrogens is 1. The van der Waals surface area contributed by atoms with E-state index in [0.717, 1.165) is 38.2 Å². The molecule has 1 aromatic heterocycles. The Bertz CT molecular complexity index is 928. The first-order chi connectivity index (χ1) is 12.7. The number of nitrogens with zero attached hydrogens (tertiary/aromatic N) is 1. The summed E-state index contributed by atoms with van der Waals surface area (Å²) < 4.78 is 2.09. The molecule has 1 atom stereocenters. The molecule has 1 unspecified atom stereocenters. The number of aryl methyl sites for hydroxylation is 1. The second kappa shape index (κ2) is 7.34. The van der Waals surface area contributed by atoms with Crippen molar-refractivity contribution in [2.75, 3.05) is 19.6 Å². The summed E-state index contributed by atoms with van der Waals surface area (Å²) in [6, 6.07) is 16.9. The molecule has 2 heterocycles. The quantitative estimate of drug-likeness (QED) is 0.720. The molecule has 1 amide bonds. The first-order valence-corrected chi connectivity index (χ1v) is 9.40. The molecule has 4 rings (SSSR count). The van der Waals surface area contributed by atoms with Gasteiger partial charge >= 0.3 is 0 Å². The summed E-state index contributed by atoms with van der Waals surface area (Å²) in [6.45, 7) is 3.93. The van der Waals surface area contributed by atoms with Gasteiger partial charge in [0.25, 0.3) is 0 Å². The summed E-state index contributed by atoms with van der Waals surface area (Å²) in [5.41, 5.74) is 5.21. The Morgan fingerprint density at radius 3 is 2.77 bits per heavy atom. The maximum Gasteiger partial charge on any atom is 0.224 e. The van der Waals surface area contributed by atoms with Crippen LogP contribution in [-0.2, 0) is 31.2 Å². The van der Waals surface area contributed by atoms with Gasteiger partial charge in [-0.05, 0) is 17.2 Å². The number of benzene rings is 2. The average Bonchev–Trinajstić information content (AvgIpc) is 2.97. The molecule has 1 aliphatic rings. The third kappa shape index (κ3) is 3.51. The van der Waals surface area contributed by atoms with Crippen molar-refractivity contribution < 1.29 is 9.69 Å². The van der Waals surface area contributed by atoms with Crippen LogP contribution >= 0.6 is 0 Å². The zero-order valence-corrected chi connectivity index (χ0v) is 15.3. The zero-order chi connectivity index (χ0) is 17.9. The first-order valence-electron chi connectivity index (χ1n) is 9.40. The van der Waals surface area contributed by atoms with Crippen LogP contribution in [0.15, 0.2) is 54.7 Å². The van der Waals surface area contributed by atoms with E-state index in [9.17, 15) is 4.79 Å². The Balaban J connectivity index is 1.29. The second-order valence-corrected chi connectivity index (χ2v) is 7.25. The Labute approximate surface area is 154 Å². The smallest absolute Gasteiger partial charge is 0.224 e. The minimum absolute atomic E-state index is 0.109. The molecule has 4 nitrogen and oxygen atoms in total. The molecular formula is C22H26N3O+.